The number of benzene rings is 1. The van der Waals surface area contributed by atoms with Crippen molar-refractivity contribution in [3.05, 3.63) is 69.1 Å². The Bertz CT molecular complexity index is 1470. The molecule has 6 nitrogen and oxygen atoms in total. The minimum atomic E-state index is -3.14. The van der Waals surface area contributed by atoms with Crippen molar-refractivity contribution in [3.63, 3.8) is 0 Å². The van der Waals surface area contributed by atoms with Crippen molar-refractivity contribution < 1.29 is 21.6 Å². The normalized spacial score (nSPS) is 21.6. The van der Waals surface area contributed by atoms with Gasteiger partial charge >= 0.3 is 0 Å². The summed E-state index contributed by atoms with van der Waals surface area (Å²) in [6.07, 6.45) is -0.541. The number of aromatic nitrogens is 3. The second kappa shape index (κ2) is 9.61. The molecule has 194 valence electrons. The maximum atomic E-state index is 15.1. The highest BCUT2D eigenvalue weighted by Crippen LogP contribution is 2.38. The van der Waals surface area contributed by atoms with Gasteiger partial charge in [-0.1, -0.05) is 39.0 Å². The van der Waals surface area contributed by atoms with Gasteiger partial charge in [-0.25, -0.2) is 31.6 Å². The molecule has 0 radical (unpaired) electrons. The van der Waals surface area contributed by atoms with E-state index in [2.05, 4.69) is 9.97 Å². The summed E-state index contributed by atoms with van der Waals surface area (Å²) in [5.74, 6) is -1.34. The average molecular weight is 522 g/mol. The Morgan fingerprint density at radius 1 is 1.25 bits per heavy atom. The van der Waals surface area contributed by atoms with Crippen molar-refractivity contribution >= 4 is 20.9 Å². The van der Waals surface area contributed by atoms with Crippen molar-refractivity contribution in [2.24, 2.45) is 13.0 Å². The lowest BCUT2D eigenvalue weighted by molar-refractivity contribution is 0.145. The second-order valence-electron chi connectivity index (χ2n) is 10.1. The van der Waals surface area contributed by atoms with Gasteiger partial charge in [-0.05, 0) is 42.7 Å². The third-order valence-electron chi connectivity index (χ3n) is 7.71. The molecule has 36 heavy (non-hydrogen) atoms. The third-order valence-corrected chi connectivity index (χ3v) is 9.60. The topological polar surface area (TPSA) is 81.9 Å². The molecule has 0 N–H and O–H groups in total. The van der Waals surface area contributed by atoms with E-state index in [4.69, 9.17) is 0 Å². The molecule has 0 amide bonds. The SMILES string of the molecule is CC[C@@](C)(Cc1ncnc2c1cc(C1CCS(=O)(=O)CC1C)c(=O)n2C)c1cccc(C(F)F)c1F. The van der Waals surface area contributed by atoms with Crippen molar-refractivity contribution in [3.8, 4) is 0 Å². The van der Waals surface area contributed by atoms with E-state index in [1.165, 1.54) is 23.0 Å². The highest BCUT2D eigenvalue weighted by Gasteiger charge is 2.35. The molecule has 1 fully saturated rings. The third kappa shape index (κ3) is 4.67. The zero-order valence-electron chi connectivity index (χ0n) is 20.8. The van der Waals surface area contributed by atoms with Crippen LogP contribution in [0.4, 0.5) is 13.2 Å². The lowest BCUT2D eigenvalue weighted by Crippen LogP contribution is -2.34. The fourth-order valence-corrected chi connectivity index (χ4v) is 7.18. The molecule has 0 spiro atoms. The lowest BCUT2D eigenvalue weighted by atomic mass is 9.75. The number of pyridine rings is 1. The maximum Gasteiger partial charge on any atom is 0.266 e. The van der Waals surface area contributed by atoms with Crippen LogP contribution in [-0.2, 0) is 28.7 Å². The van der Waals surface area contributed by atoms with Gasteiger partial charge in [-0.2, -0.15) is 0 Å². The predicted octanol–water partition coefficient (Wildman–Crippen LogP) is 4.85. The van der Waals surface area contributed by atoms with Crippen LogP contribution in [-0.4, -0.2) is 34.5 Å². The van der Waals surface area contributed by atoms with Crippen molar-refractivity contribution in [1.82, 2.24) is 14.5 Å². The molecule has 4 rings (SSSR count). The van der Waals surface area contributed by atoms with E-state index < -0.39 is 33.1 Å². The second-order valence-corrected chi connectivity index (χ2v) is 12.3. The lowest BCUT2D eigenvalue weighted by Gasteiger charge is -2.31. The van der Waals surface area contributed by atoms with Crippen LogP contribution in [0.2, 0.25) is 0 Å². The first-order valence-electron chi connectivity index (χ1n) is 12.0. The Morgan fingerprint density at radius 3 is 2.61 bits per heavy atom. The van der Waals surface area contributed by atoms with E-state index in [9.17, 15) is 22.0 Å². The minimum absolute atomic E-state index is 0.0185. The zero-order chi connectivity index (χ0) is 26.4. The zero-order valence-corrected chi connectivity index (χ0v) is 21.6. The van der Waals surface area contributed by atoms with E-state index in [-0.39, 0.29) is 40.9 Å². The molecular formula is C26H30F3N3O3S. The molecule has 3 aromatic rings. The van der Waals surface area contributed by atoms with Crippen LogP contribution >= 0.6 is 0 Å². The van der Waals surface area contributed by atoms with E-state index in [0.717, 1.165) is 6.07 Å². The molecule has 1 aliphatic heterocycles. The van der Waals surface area contributed by atoms with Crippen molar-refractivity contribution in [1.29, 1.82) is 0 Å². The summed E-state index contributed by atoms with van der Waals surface area (Å²) in [6.45, 7) is 5.51. The van der Waals surface area contributed by atoms with Crippen LogP contribution in [0.15, 0.2) is 35.4 Å². The van der Waals surface area contributed by atoms with Gasteiger partial charge in [-0.15, -0.1) is 0 Å². The Morgan fingerprint density at radius 2 is 1.97 bits per heavy atom. The molecule has 3 heterocycles. The first-order valence-corrected chi connectivity index (χ1v) is 13.8. The predicted molar refractivity (Wildman–Crippen MR) is 133 cm³/mol. The Kier molecular flexibility index (Phi) is 7.02. The first kappa shape index (κ1) is 26.3. The quantitative estimate of drug-likeness (QED) is 0.463. The summed E-state index contributed by atoms with van der Waals surface area (Å²) in [5.41, 5.74) is -0.0532. The van der Waals surface area contributed by atoms with Gasteiger partial charge in [0.05, 0.1) is 22.8 Å². The molecule has 0 bridgehead atoms. The van der Waals surface area contributed by atoms with Gasteiger partial charge in [0.15, 0.2) is 9.84 Å². The summed E-state index contributed by atoms with van der Waals surface area (Å²) in [7, 11) is -1.53. The summed E-state index contributed by atoms with van der Waals surface area (Å²) < 4.78 is 67.5. The number of sulfone groups is 1. The molecule has 0 aliphatic carbocycles. The number of aryl methyl sites for hydroxylation is 1. The fourth-order valence-electron chi connectivity index (χ4n) is 5.37. The van der Waals surface area contributed by atoms with Crippen LogP contribution in [0.25, 0.3) is 11.0 Å². The smallest absolute Gasteiger partial charge is 0.266 e. The van der Waals surface area contributed by atoms with Crippen molar-refractivity contribution in [2.45, 2.75) is 57.8 Å². The molecule has 1 aromatic carbocycles. The summed E-state index contributed by atoms with van der Waals surface area (Å²) in [6, 6.07) is 5.80. The van der Waals surface area contributed by atoms with Gasteiger partial charge in [0, 0.05) is 23.4 Å². The number of hydrogen-bond acceptors (Lipinski definition) is 5. The molecular weight excluding hydrogens is 491 g/mol. The molecule has 1 aliphatic rings. The first-order chi connectivity index (χ1) is 16.9. The number of halogens is 3. The largest absolute Gasteiger partial charge is 0.295 e. The standard InChI is InChI=1S/C26H30F3N3O3S/c1-5-26(3,20-8-6-7-17(22(20)27)23(28)29)12-21-19-11-18(16-9-10-36(34,35)13-15(16)2)25(33)32(4)24(19)31-14-30-21/h6-8,11,14-16,23H,5,9-10,12-13H2,1-4H3/t15?,16?,26-/m0/s1. The van der Waals surface area contributed by atoms with E-state index >= 15 is 4.39 Å². The Balaban J connectivity index is 1.84. The van der Waals surface area contributed by atoms with Crippen LogP contribution in [0.5, 0.6) is 0 Å². The number of rotatable bonds is 6. The highest BCUT2D eigenvalue weighted by molar-refractivity contribution is 7.91. The van der Waals surface area contributed by atoms with Crippen LogP contribution in [0.1, 0.15) is 68.3 Å². The monoisotopic (exact) mass is 521 g/mol. The van der Waals surface area contributed by atoms with E-state index in [0.29, 0.717) is 35.1 Å². The molecule has 0 saturated carbocycles. The minimum Gasteiger partial charge on any atom is -0.295 e. The van der Waals surface area contributed by atoms with Gasteiger partial charge in [0.1, 0.15) is 17.8 Å². The van der Waals surface area contributed by atoms with E-state index in [1.807, 2.05) is 20.8 Å². The van der Waals surface area contributed by atoms with Crippen LogP contribution < -0.4 is 5.56 Å². The number of fused-ring (bicyclic) bond motifs is 1. The molecule has 3 atom stereocenters. The summed E-state index contributed by atoms with van der Waals surface area (Å²) in [4.78, 5) is 22.0. The number of hydrogen-bond donors (Lipinski definition) is 0. The maximum absolute atomic E-state index is 15.1. The Labute approximate surface area is 208 Å². The van der Waals surface area contributed by atoms with Crippen LogP contribution in [0, 0.1) is 11.7 Å². The highest BCUT2D eigenvalue weighted by atomic mass is 32.2. The summed E-state index contributed by atoms with van der Waals surface area (Å²) in [5, 5.41) is 0.611. The van der Waals surface area contributed by atoms with Crippen molar-refractivity contribution in [2.75, 3.05) is 11.5 Å². The molecule has 2 aromatic heterocycles. The molecule has 1 saturated heterocycles. The Hall–Kier alpha value is -2.75. The molecule has 2 unspecified atom stereocenters. The van der Waals surface area contributed by atoms with Gasteiger partial charge in [0.2, 0.25) is 0 Å². The number of nitrogens with zero attached hydrogens (tertiary/aromatic N) is 3. The number of alkyl halides is 2. The van der Waals surface area contributed by atoms with Crippen LogP contribution in [0.3, 0.4) is 0 Å². The van der Waals surface area contributed by atoms with E-state index in [1.54, 1.807) is 13.1 Å². The summed E-state index contributed by atoms with van der Waals surface area (Å²) >= 11 is 0. The fraction of sp³-hybridized carbons (Fsp3) is 0.500. The van der Waals surface area contributed by atoms with Gasteiger partial charge in [0.25, 0.3) is 12.0 Å². The van der Waals surface area contributed by atoms with Gasteiger partial charge in [-0.3, -0.25) is 9.36 Å². The van der Waals surface area contributed by atoms with Gasteiger partial charge < -0.3 is 0 Å². The average Bonchev–Trinajstić information content (AvgIpc) is 2.81. The molecule has 10 heteroatoms.